The topological polar surface area (TPSA) is 44.4 Å². The van der Waals surface area contributed by atoms with E-state index in [0.717, 1.165) is 48.3 Å². The molecule has 0 saturated carbocycles. The zero-order valence-corrected chi connectivity index (χ0v) is 15.8. The van der Waals surface area contributed by atoms with Gasteiger partial charge in [0.2, 0.25) is 0 Å². The lowest BCUT2D eigenvalue weighted by atomic mass is 9.89. The molecule has 0 spiro atoms. The molecule has 2 saturated heterocycles. The van der Waals surface area contributed by atoms with Gasteiger partial charge in [-0.3, -0.25) is 14.9 Å². The Bertz CT molecular complexity index is 744. The standard InChI is InChI=1S/C19H25ClN4O/c1-12-18(20)17(22-21-12)11-24-9-14-8-23(2)19(16(14)10-24)13-4-6-15(25-3)7-5-13/h4-7,14,16,19H,8-11H2,1-3H3,(H,21,22)/t14-,16+,19+/m0/s1. The molecule has 3 atom stereocenters. The van der Waals surface area contributed by atoms with Crippen LogP contribution in [0.4, 0.5) is 0 Å². The van der Waals surface area contributed by atoms with Crippen molar-refractivity contribution in [3.8, 4) is 5.75 Å². The summed E-state index contributed by atoms with van der Waals surface area (Å²) in [4.78, 5) is 5.00. The molecule has 0 amide bonds. The molecule has 134 valence electrons. The Hall–Kier alpha value is -1.56. The number of hydrogen-bond donors (Lipinski definition) is 1. The third-order valence-electron chi connectivity index (χ3n) is 5.74. The molecule has 25 heavy (non-hydrogen) atoms. The third-order valence-corrected chi connectivity index (χ3v) is 6.24. The first-order chi connectivity index (χ1) is 12.1. The molecule has 0 aliphatic carbocycles. The molecule has 1 aromatic heterocycles. The number of methoxy groups -OCH3 is 1. The molecule has 2 fully saturated rings. The zero-order chi connectivity index (χ0) is 17.6. The van der Waals surface area contributed by atoms with Crippen molar-refractivity contribution in [1.29, 1.82) is 0 Å². The minimum Gasteiger partial charge on any atom is -0.497 e. The molecule has 2 aromatic rings. The first-order valence-electron chi connectivity index (χ1n) is 8.82. The number of nitrogens with one attached hydrogen (secondary N) is 1. The summed E-state index contributed by atoms with van der Waals surface area (Å²) in [5, 5.41) is 8.12. The summed E-state index contributed by atoms with van der Waals surface area (Å²) < 4.78 is 5.30. The van der Waals surface area contributed by atoms with Gasteiger partial charge in [0.05, 0.1) is 23.5 Å². The number of aromatic nitrogens is 2. The Morgan fingerprint density at radius 1 is 1.24 bits per heavy atom. The first kappa shape index (κ1) is 16.9. The van der Waals surface area contributed by atoms with Crippen LogP contribution in [-0.4, -0.2) is 53.8 Å². The predicted molar refractivity (Wildman–Crippen MR) is 99.0 cm³/mol. The van der Waals surface area contributed by atoms with Crippen LogP contribution < -0.4 is 4.74 Å². The van der Waals surface area contributed by atoms with Crippen molar-refractivity contribution >= 4 is 11.6 Å². The number of aryl methyl sites for hydroxylation is 1. The molecule has 0 unspecified atom stereocenters. The molecular weight excluding hydrogens is 336 g/mol. The van der Waals surface area contributed by atoms with E-state index >= 15 is 0 Å². The highest BCUT2D eigenvalue weighted by Crippen LogP contribution is 2.44. The van der Waals surface area contributed by atoms with Gasteiger partial charge in [0.1, 0.15) is 5.75 Å². The number of benzene rings is 1. The van der Waals surface area contributed by atoms with Crippen LogP contribution in [0, 0.1) is 18.8 Å². The van der Waals surface area contributed by atoms with Gasteiger partial charge in [-0.2, -0.15) is 5.10 Å². The summed E-state index contributed by atoms with van der Waals surface area (Å²) >= 11 is 6.34. The Morgan fingerprint density at radius 2 is 2.00 bits per heavy atom. The minimum absolute atomic E-state index is 0.470. The summed E-state index contributed by atoms with van der Waals surface area (Å²) in [6.07, 6.45) is 0. The van der Waals surface area contributed by atoms with E-state index in [1.165, 1.54) is 5.56 Å². The normalized spacial score (nSPS) is 27.0. The van der Waals surface area contributed by atoms with Crippen molar-refractivity contribution in [2.45, 2.75) is 19.5 Å². The van der Waals surface area contributed by atoms with E-state index in [2.05, 4.69) is 51.3 Å². The molecule has 2 aliphatic rings. The minimum atomic E-state index is 0.470. The number of aromatic amines is 1. The Balaban J connectivity index is 1.49. The maximum atomic E-state index is 6.34. The highest BCUT2D eigenvalue weighted by atomic mass is 35.5. The van der Waals surface area contributed by atoms with Gasteiger partial charge in [0, 0.05) is 32.2 Å². The average Bonchev–Trinajstić information content (AvgIpc) is 3.23. The van der Waals surface area contributed by atoms with Crippen LogP contribution >= 0.6 is 11.6 Å². The molecule has 1 N–H and O–H groups in total. The van der Waals surface area contributed by atoms with Gasteiger partial charge >= 0.3 is 0 Å². The Morgan fingerprint density at radius 3 is 2.64 bits per heavy atom. The van der Waals surface area contributed by atoms with Gasteiger partial charge in [-0.25, -0.2) is 0 Å². The van der Waals surface area contributed by atoms with Crippen molar-refractivity contribution in [2.75, 3.05) is 33.8 Å². The molecule has 6 heteroatoms. The van der Waals surface area contributed by atoms with Crippen LogP contribution in [0.2, 0.25) is 5.02 Å². The largest absolute Gasteiger partial charge is 0.497 e. The van der Waals surface area contributed by atoms with Gasteiger partial charge in [-0.15, -0.1) is 0 Å². The highest BCUT2D eigenvalue weighted by molar-refractivity contribution is 6.31. The van der Waals surface area contributed by atoms with Crippen LogP contribution in [0.1, 0.15) is 23.0 Å². The van der Waals surface area contributed by atoms with E-state index < -0.39 is 0 Å². The van der Waals surface area contributed by atoms with Crippen LogP contribution in [0.15, 0.2) is 24.3 Å². The second-order valence-electron chi connectivity index (χ2n) is 7.38. The lowest BCUT2D eigenvalue weighted by molar-refractivity contribution is 0.223. The van der Waals surface area contributed by atoms with Gasteiger partial charge in [-0.1, -0.05) is 23.7 Å². The molecule has 0 radical (unpaired) electrons. The summed E-state index contributed by atoms with van der Waals surface area (Å²) in [6.45, 7) is 6.14. The first-order valence-corrected chi connectivity index (χ1v) is 9.20. The van der Waals surface area contributed by atoms with Crippen LogP contribution in [0.3, 0.4) is 0 Å². The maximum Gasteiger partial charge on any atom is 0.118 e. The number of nitrogens with zero attached hydrogens (tertiary/aromatic N) is 3. The van der Waals surface area contributed by atoms with Gasteiger partial charge in [0.25, 0.3) is 0 Å². The SMILES string of the molecule is COc1ccc([C@@H]2[C@@H]3CN(Cc4n[nH]c(C)c4Cl)C[C@@H]3CN2C)cc1. The maximum absolute atomic E-state index is 6.34. The quantitative estimate of drug-likeness (QED) is 0.909. The number of rotatable bonds is 4. The fourth-order valence-corrected chi connectivity index (χ4v) is 4.71. The second kappa shape index (κ2) is 6.63. The highest BCUT2D eigenvalue weighted by Gasteiger charge is 2.46. The van der Waals surface area contributed by atoms with Gasteiger partial charge < -0.3 is 4.74 Å². The lowest BCUT2D eigenvalue weighted by Gasteiger charge is -2.26. The molecule has 3 heterocycles. The van der Waals surface area contributed by atoms with Crippen molar-refractivity contribution in [2.24, 2.45) is 11.8 Å². The summed E-state index contributed by atoms with van der Waals surface area (Å²) in [5.74, 6) is 2.27. The van der Waals surface area contributed by atoms with E-state index in [1.54, 1.807) is 7.11 Å². The molecule has 0 bridgehead atoms. The summed E-state index contributed by atoms with van der Waals surface area (Å²) in [6, 6.07) is 9.01. The summed E-state index contributed by atoms with van der Waals surface area (Å²) in [5.41, 5.74) is 3.30. The monoisotopic (exact) mass is 360 g/mol. The number of halogens is 1. The number of hydrogen-bond acceptors (Lipinski definition) is 4. The smallest absolute Gasteiger partial charge is 0.118 e. The summed E-state index contributed by atoms with van der Waals surface area (Å²) in [7, 11) is 3.95. The van der Waals surface area contributed by atoms with Gasteiger partial charge in [-0.05, 0) is 43.5 Å². The van der Waals surface area contributed by atoms with Crippen molar-refractivity contribution in [3.05, 3.63) is 46.2 Å². The van der Waals surface area contributed by atoms with E-state index in [9.17, 15) is 0 Å². The Labute approximate surface area is 153 Å². The third kappa shape index (κ3) is 3.05. The van der Waals surface area contributed by atoms with E-state index in [4.69, 9.17) is 16.3 Å². The molecule has 1 aromatic carbocycles. The lowest BCUT2D eigenvalue weighted by Crippen LogP contribution is -2.29. The predicted octanol–water partition coefficient (Wildman–Crippen LogP) is 3.11. The number of ether oxygens (including phenoxy) is 1. The van der Waals surface area contributed by atoms with Crippen LogP contribution in [0.5, 0.6) is 5.75 Å². The fourth-order valence-electron chi connectivity index (χ4n) is 4.56. The van der Waals surface area contributed by atoms with Crippen molar-refractivity contribution in [3.63, 3.8) is 0 Å². The molecule has 4 rings (SSSR count). The van der Waals surface area contributed by atoms with Crippen molar-refractivity contribution < 1.29 is 4.74 Å². The van der Waals surface area contributed by atoms with Gasteiger partial charge in [0.15, 0.2) is 0 Å². The fraction of sp³-hybridized carbons (Fsp3) is 0.526. The zero-order valence-electron chi connectivity index (χ0n) is 15.0. The van der Waals surface area contributed by atoms with E-state index in [1.807, 2.05) is 6.92 Å². The van der Waals surface area contributed by atoms with E-state index in [-0.39, 0.29) is 0 Å². The van der Waals surface area contributed by atoms with Crippen LogP contribution in [-0.2, 0) is 6.54 Å². The van der Waals surface area contributed by atoms with E-state index in [0.29, 0.717) is 17.9 Å². The molecule has 2 aliphatic heterocycles. The number of fused-ring (bicyclic) bond motifs is 1. The van der Waals surface area contributed by atoms with Crippen molar-refractivity contribution in [1.82, 2.24) is 20.0 Å². The number of H-pyrrole nitrogens is 1. The van der Waals surface area contributed by atoms with Crippen LogP contribution in [0.25, 0.3) is 0 Å². The molecule has 5 nitrogen and oxygen atoms in total. The Kier molecular flexibility index (Phi) is 4.48. The molecular formula is C19H25ClN4O. The second-order valence-corrected chi connectivity index (χ2v) is 7.76. The number of likely N-dealkylation sites (tertiary alicyclic amines) is 2. The average molecular weight is 361 g/mol.